The Hall–Kier alpha value is -3.88. The lowest BCUT2D eigenvalue weighted by Gasteiger charge is -2.12. The van der Waals surface area contributed by atoms with Gasteiger partial charge in [0.15, 0.2) is 0 Å². The van der Waals surface area contributed by atoms with Crippen molar-refractivity contribution in [3.05, 3.63) is 77.9 Å². The summed E-state index contributed by atoms with van der Waals surface area (Å²) in [4.78, 5) is 20.5. The third kappa shape index (κ3) is 4.07. The Labute approximate surface area is 175 Å². The minimum Gasteiger partial charge on any atom is -0.495 e. The van der Waals surface area contributed by atoms with E-state index >= 15 is 0 Å². The average Bonchev–Trinajstić information content (AvgIpc) is 3.19. The van der Waals surface area contributed by atoms with E-state index in [9.17, 15) is 18.0 Å². The molecule has 3 aromatic heterocycles. The Kier molecular flexibility index (Phi) is 5.10. The Morgan fingerprint density at radius 3 is 2.61 bits per heavy atom. The minimum atomic E-state index is -4.57. The molecule has 0 fully saturated rings. The highest BCUT2D eigenvalue weighted by molar-refractivity contribution is 6.05. The molecule has 0 aliphatic carbocycles. The number of amides is 1. The number of anilines is 1. The van der Waals surface area contributed by atoms with E-state index in [0.29, 0.717) is 17.1 Å². The molecule has 158 valence electrons. The fourth-order valence-electron chi connectivity index (χ4n) is 3.15. The molecule has 0 spiro atoms. The number of rotatable bonds is 4. The lowest BCUT2D eigenvalue weighted by molar-refractivity contribution is -0.141. The topological polar surface area (TPSA) is 68.5 Å². The van der Waals surface area contributed by atoms with Crippen molar-refractivity contribution < 1.29 is 22.7 Å². The molecule has 1 amide bonds. The summed E-state index contributed by atoms with van der Waals surface area (Å²) in [6, 6.07) is 10.9. The van der Waals surface area contributed by atoms with E-state index in [0.717, 1.165) is 35.1 Å². The first-order chi connectivity index (χ1) is 14.8. The van der Waals surface area contributed by atoms with Crippen molar-refractivity contribution in [2.45, 2.75) is 13.1 Å². The lowest BCUT2D eigenvalue weighted by atomic mass is 10.1. The van der Waals surface area contributed by atoms with Gasteiger partial charge in [-0.2, -0.15) is 13.2 Å². The number of carbonyl (C=O) groups excluding carboxylic acids is 1. The van der Waals surface area contributed by atoms with Gasteiger partial charge in [0, 0.05) is 24.2 Å². The van der Waals surface area contributed by atoms with Gasteiger partial charge in [0.05, 0.1) is 24.1 Å². The van der Waals surface area contributed by atoms with Crippen LogP contribution in [-0.4, -0.2) is 27.4 Å². The van der Waals surface area contributed by atoms with Crippen molar-refractivity contribution in [2.24, 2.45) is 0 Å². The highest BCUT2D eigenvalue weighted by atomic mass is 19.4. The number of hydrogen-bond acceptors (Lipinski definition) is 4. The number of fused-ring (bicyclic) bond motifs is 1. The number of alkyl halides is 3. The number of nitrogens with one attached hydrogen (secondary N) is 1. The molecule has 3 heterocycles. The van der Waals surface area contributed by atoms with Crippen LogP contribution in [0.15, 0.2) is 61.1 Å². The summed E-state index contributed by atoms with van der Waals surface area (Å²) in [5.41, 5.74) is 2.56. The molecule has 1 aromatic carbocycles. The smallest absolute Gasteiger partial charge is 0.433 e. The van der Waals surface area contributed by atoms with E-state index in [4.69, 9.17) is 4.74 Å². The van der Waals surface area contributed by atoms with E-state index in [2.05, 4.69) is 15.3 Å². The molecule has 0 atom stereocenters. The number of hydrogen-bond donors (Lipinski definition) is 1. The molecule has 4 aromatic rings. The van der Waals surface area contributed by atoms with Gasteiger partial charge in [-0.1, -0.05) is 6.07 Å². The van der Waals surface area contributed by atoms with Gasteiger partial charge in [0.25, 0.3) is 5.91 Å². The van der Waals surface area contributed by atoms with E-state index in [-0.39, 0.29) is 5.56 Å². The van der Waals surface area contributed by atoms with Gasteiger partial charge in [0.2, 0.25) is 0 Å². The average molecular weight is 426 g/mol. The van der Waals surface area contributed by atoms with Crippen LogP contribution in [0.4, 0.5) is 18.9 Å². The van der Waals surface area contributed by atoms with E-state index < -0.39 is 17.8 Å². The number of aromatic nitrogens is 3. The van der Waals surface area contributed by atoms with Gasteiger partial charge in [-0.3, -0.25) is 9.78 Å². The highest BCUT2D eigenvalue weighted by Crippen LogP contribution is 2.31. The van der Waals surface area contributed by atoms with Crippen LogP contribution in [0.2, 0.25) is 0 Å². The standard InChI is InChI=1S/C22H17F3N4O2/c1-13-4-3-9-29-12-17(27-20(13)29)14-5-7-18(31-2)16(10-14)28-21(30)15-6-8-19(26-11-15)22(23,24)25/h3-12H,1-2H3,(H,28,30). The number of imidazole rings is 1. The van der Waals surface area contributed by atoms with Crippen molar-refractivity contribution in [3.8, 4) is 17.0 Å². The van der Waals surface area contributed by atoms with Crippen LogP contribution in [0.25, 0.3) is 16.9 Å². The van der Waals surface area contributed by atoms with Gasteiger partial charge in [-0.05, 0) is 48.9 Å². The summed E-state index contributed by atoms with van der Waals surface area (Å²) in [7, 11) is 1.46. The summed E-state index contributed by atoms with van der Waals surface area (Å²) in [5.74, 6) is -0.209. The van der Waals surface area contributed by atoms with Crippen LogP contribution < -0.4 is 10.1 Å². The van der Waals surface area contributed by atoms with Crippen LogP contribution in [0.5, 0.6) is 5.75 Å². The maximum absolute atomic E-state index is 12.7. The zero-order valence-corrected chi connectivity index (χ0v) is 16.6. The number of nitrogens with zero attached hydrogens (tertiary/aromatic N) is 3. The van der Waals surface area contributed by atoms with Gasteiger partial charge in [-0.25, -0.2) is 4.98 Å². The molecule has 4 rings (SSSR count). The number of methoxy groups -OCH3 is 1. The first kappa shape index (κ1) is 20.4. The van der Waals surface area contributed by atoms with Gasteiger partial charge < -0.3 is 14.5 Å². The summed E-state index contributed by atoms with van der Waals surface area (Å²) in [6.45, 7) is 1.96. The second-order valence-electron chi connectivity index (χ2n) is 6.85. The summed E-state index contributed by atoms with van der Waals surface area (Å²) in [6.07, 6.45) is 0.0799. The van der Waals surface area contributed by atoms with Crippen LogP contribution in [0.1, 0.15) is 21.6 Å². The first-order valence-electron chi connectivity index (χ1n) is 9.23. The molecule has 0 bridgehead atoms. The Balaban J connectivity index is 1.64. The predicted molar refractivity (Wildman–Crippen MR) is 109 cm³/mol. The van der Waals surface area contributed by atoms with Gasteiger partial charge in [0.1, 0.15) is 17.1 Å². The lowest BCUT2D eigenvalue weighted by Crippen LogP contribution is -2.14. The Morgan fingerprint density at radius 2 is 1.97 bits per heavy atom. The maximum Gasteiger partial charge on any atom is 0.433 e. The largest absolute Gasteiger partial charge is 0.495 e. The molecule has 1 N–H and O–H groups in total. The summed E-state index contributed by atoms with van der Waals surface area (Å²) in [5, 5.41) is 2.67. The van der Waals surface area contributed by atoms with Crippen LogP contribution >= 0.6 is 0 Å². The number of benzene rings is 1. The fraction of sp³-hybridized carbons (Fsp3) is 0.136. The number of aryl methyl sites for hydroxylation is 1. The van der Waals surface area contributed by atoms with Crippen molar-refractivity contribution in [3.63, 3.8) is 0 Å². The molecule has 0 unspecified atom stereocenters. The van der Waals surface area contributed by atoms with Gasteiger partial charge >= 0.3 is 6.18 Å². The maximum atomic E-state index is 12.7. The minimum absolute atomic E-state index is 0.0104. The zero-order chi connectivity index (χ0) is 22.2. The van der Waals surface area contributed by atoms with Crippen LogP contribution in [0.3, 0.4) is 0 Å². The molecule has 6 nitrogen and oxygen atoms in total. The molecule has 9 heteroatoms. The first-order valence-corrected chi connectivity index (χ1v) is 9.23. The van der Waals surface area contributed by atoms with Gasteiger partial charge in [-0.15, -0.1) is 0 Å². The zero-order valence-electron chi connectivity index (χ0n) is 16.6. The number of halogens is 3. The second kappa shape index (κ2) is 7.75. The third-order valence-corrected chi connectivity index (χ3v) is 4.74. The van der Waals surface area contributed by atoms with E-state index in [1.807, 2.05) is 41.9 Å². The summed E-state index contributed by atoms with van der Waals surface area (Å²) < 4.78 is 45.3. The molecule has 0 aliphatic rings. The molecular weight excluding hydrogens is 409 g/mol. The number of ether oxygens (including phenoxy) is 1. The van der Waals surface area contributed by atoms with E-state index in [1.165, 1.54) is 7.11 Å². The SMILES string of the molecule is COc1ccc(-c2cn3cccc(C)c3n2)cc1NC(=O)c1ccc(C(F)(F)F)nc1. The molecule has 0 saturated heterocycles. The number of carbonyl (C=O) groups is 1. The number of pyridine rings is 2. The van der Waals surface area contributed by atoms with Crippen molar-refractivity contribution in [2.75, 3.05) is 12.4 Å². The molecular formula is C22H17F3N4O2. The van der Waals surface area contributed by atoms with Crippen molar-refractivity contribution >= 4 is 17.2 Å². The third-order valence-electron chi connectivity index (χ3n) is 4.74. The molecule has 0 aliphatic heterocycles. The molecule has 0 radical (unpaired) electrons. The molecule has 31 heavy (non-hydrogen) atoms. The highest BCUT2D eigenvalue weighted by Gasteiger charge is 2.32. The molecule has 0 saturated carbocycles. The monoisotopic (exact) mass is 426 g/mol. The van der Waals surface area contributed by atoms with Crippen LogP contribution in [0, 0.1) is 6.92 Å². The van der Waals surface area contributed by atoms with E-state index in [1.54, 1.807) is 12.1 Å². The normalized spacial score (nSPS) is 11.5. The quantitative estimate of drug-likeness (QED) is 0.500. The fourth-order valence-corrected chi connectivity index (χ4v) is 3.15. The second-order valence-corrected chi connectivity index (χ2v) is 6.85. The van der Waals surface area contributed by atoms with Crippen molar-refractivity contribution in [1.29, 1.82) is 0 Å². The summed E-state index contributed by atoms with van der Waals surface area (Å²) >= 11 is 0. The van der Waals surface area contributed by atoms with Crippen molar-refractivity contribution in [1.82, 2.24) is 14.4 Å². The van der Waals surface area contributed by atoms with Crippen LogP contribution in [-0.2, 0) is 6.18 Å². The Morgan fingerprint density at radius 1 is 1.16 bits per heavy atom. The predicted octanol–water partition coefficient (Wildman–Crippen LogP) is 4.98. The Bertz CT molecular complexity index is 1260.